The van der Waals surface area contributed by atoms with Crippen LogP contribution in [0.1, 0.15) is 76.5 Å². The highest BCUT2D eigenvalue weighted by Crippen LogP contribution is 2.35. The Hall–Kier alpha value is -2.04. The van der Waals surface area contributed by atoms with Crippen molar-refractivity contribution in [3.8, 4) is 0 Å². The molecule has 30 heavy (non-hydrogen) atoms. The van der Waals surface area contributed by atoms with E-state index < -0.39 is 0 Å². The van der Waals surface area contributed by atoms with Gasteiger partial charge in [-0.25, -0.2) is 4.79 Å². The van der Waals surface area contributed by atoms with Gasteiger partial charge in [-0.3, -0.25) is 4.79 Å². The van der Waals surface area contributed by atoms with Gasteiger partial charge in [-0.05, 0) is 55.1 Å². The average Bonchev–Trinajstić information content (AvgIpc) is 3.44. The number of urea groups is 1. The first-order valence-corrected chi connectivity index (χ1v) is 11.8. The van der Waals surface area contributed by atoms with Gasteiger partial charge in [-0.2, -0.15) is 0 Å². The summed E-state index contributed by atoms with van der Waals surface area (Å²) in [5.74, 6) is 0.354. The molecule has 1 atom stereocenters. The van der Waals surface area contributed by atoms with Crippen LogP contribution in [0.2, 0.25) is 0 Å². The first-order valence-electron chi connectivity index (χ1n) is 11.8. The largest absolute Gasteiger partial charge is 0.335 e. The van der Waals surface area contributed by atoms with E-state index in [9.17, 15) is 9.59 Å². The normalized spacial score (nSPS) is 23.3. The predicted molar refractivity (Wildman–Crippen MR) is 119 cm³/mol. The van der Waals surface area contributed by atoms with E-state index in [2.05, 4.69) is 49.9 Å². The summed E-state index contributed by atoms with van der Waals surface area (Å²) in [6, 6.07) is 9.26. The minimum atomic E-state index is 0.0575. The van der Waals surface area contributed by atoms with Gasteiger partial charge in [-0.15, -0.1) is 0 Å². The van der Waals surface area contributed by atoms with Crippen LogP contribution in [0.4, 0.5) is 4.79 Å². The van der Waals surface area contributed by atoms with Gasteiger partial charge < -0.3 is 14.7 Å². The Bertz CT molecular complexity index is 754. The number of amides is 3. The molecule has 3 fully saturated rings. The van der Waals surface area contributed by atoms with Gasteiger partial charge in [0.2, 0.25) is 5.91 Å². The zero-order chi connectivity index (χ0) is 21.3. The Kier molecular flexibility index (Phi) is 6.08. The van der Waals surface area contributed by atoms with Crippen LogP contribution in [0, 0.1) is 5.92 Å². The zero-order valence-electron chi connectivity index (χ0n) is 18.9. The van der Waals surface area contributed by atoms with Crippen molar-refractivity contribution < 1.29 is 9.59 Å². The molecule has 0 aliphatic carbocycles. The molecule has 4 rings (SSSR count). The molecule has 3 saturated heterocycles. The van der Waals surface area contributed by atoms with Gasteiger partial charge in [0.15, 0.2) is 0 Å². The van der Waals surface area contributed by atoms with Gasteiger partial charge >= 0.3 is 6.03 Å². The highest BCUT2D eigenvalue weighted by Gasteiger charge is 2.37. The lowest BCUT2D eigenvalue weighted by molar-refractivity contribution is -0.137. The maximum absolute atomic E-state index is 13.4. The number of carbonyl (C=O) groups is 2. The molecule has 3 aliphatic heterocycles. The lowest BCUT2D eigenvalue weighted by atomic mass is 9.86. The summed E-state index contributed by atoms with van der Waals surface area (Å²) in [5, 5.41) is 0. The van der Waals surface area contributed by atoms with Crippen molar-refractivity contribution in [2.45, 2.75) is 70.8 Å². The fourth-order valence-electron chi connectivity index (χ4n) is 5.24. The number of carbonyl (C=O) groups excluding carboxylic acids is 2. The van der Waals surface area contributed by atoms with Crippen LogP contribution in [0.25, 0.3) is 0 Å². The van der Waals surface area contributed by atoms with E-state index in [1.807, 2.05) is 9.80 Å². The van der Waals surface area contributed by atoms with E-state index in [0.717, 1.165) is 58.2 Å². The second kappa shape index (κ2) is 8.60. The van der Waals surface area contributed by atoms with Crippen LogP contribution in [-0.4, -0.2) is 59.4 Å². The summed E-state index contributed by atoms with van der Waals surface area (Å²) in [6.07, 6.45) is 5.95. The lowest BCUT2D eigenvalue weighted by Gasteiger charge is -2.36. The van der Waals surface area contributed by atoms with Gasteiger partial charge in [-0.1, -0.05) is 45.0 Å². The van der Waals surface area contributed by atoms with Gasteiger partial charge in [0.05, 0.1) is 6.04 Å². The smallest absolute Gasteiger partial charge is 0.319 e. The highest BCUT2D eigenvalue weighted by atomic mass is 16.2. The second-order valence-corrected chi connectivity index (χ2v) is 10.3. The molecule has 0 aromatic heterocycles. The maximum atomic E-state index is 13.4. The Morgan fingerprint density at radius 2 is 1.40 bits per heavy atom. The third kappa shape index (κ3) is 4.35. The molecular formula is C25H37N3O2. The molecule has 164 valence electrons. The number of nitrogens with zero attached hydrogens (tertiary/aromatic N) is 3. The lowest BCUT2D eigenvalue weighted by Crippen LogP contribution is -2.48. The highest BCUT2D eigenvalue weighted by molar-refractivity contribution is 5.80. The first kappa shape index (κ1) is 21.2. The minimum Gasteiger partial charge on any atom is -0.335 e. The van der Waals surface area contributed by atoms with E-state index in [1.54, 1.807) is 0 Å². The molecule has 0 unspecified atom stereocenters. The number of hydrogen-bond donors (Lipinski definition) is 0. The quantitative estimate of drug-likeness (QED) is 0.715. The SMILES string of the molecule is CC(C)(C)c1ccc([C@@H]2CCCN2C(=O)C2CCN(C(=O)N3CCCC3)CC2)cc1. The number of piperidine rings is 1. The van der Waals surface area contributed by atoms with Gasteiger partial charge in [0, 0.05) is 38.6 Å². The van der Waals surface area contributed by atoms with Crippen molar-refractivity contribution in [2.75, 3.05) is 32.7 Å². The summed E-state index contributed by atoms with van der Waals surface area (Å²) in [7, 11) is 0. The van der Waals surface area contributed by atoms with Crippen molar-refractivity contribution >= 4 is 11.9 Å². The monoisotopic (exact) mass is 411 g/mol. The van der Waals surface area contributed by atoms with Crippen LogP contribution in [0.3, 0.4) is 0 Å². The summed E-state index contributed by atoms with van der Waals surface area (Å²) in [5.41, 5.74) is 2.73. The standard InChI is InChI=1S/C25H37N3O2/c1-25(2,3)21-10-8-19(9-11-21)22-7-6-16-28(22)23(29)20-12-17-27(18-13-20)24(30)26-14-4-5-15-26/h8-11,20,22H,4-7,12-18H2,1-3H3/t22-/m0/s1. The Morgan fingerprint density at radius 3 is 2.00 bits per heavy atom. The van der Waals surface area contributed by atoms with Gasteiger partial charge in [0.1, 0.15) is 0 Å². The molecular weight excluding hydrogens is 374 g/mol. The summed E-state index contributed by atoms with van der Waals surface area (Å²) in [6.45, 7) is 10.8. The molecule has 3 aliphatic rings. The van der Waals surface area contributed by atoms with E-state index in [0.29, 0.717) is 19.0 Å². The first-order chi connectivity index (χ1) is 14.3. The fourth-order valence-corrected chi connectivity index (χ4v) is 5.24. The Morgan fingerprint density at radius 1 is 0.800 bits per heavy atom. The molecule has 0 saturated carbocycles. The van der Waals surface area contributed by atoms with Crippen molar-refractivity contribution in [3.63, 3.8) is 0 Å². The van der Waals surface area contributed by atoms with Crippen molar-refractivity contribution in [1.82, 2.24) is 14.7 Å². The molecule has 3 heterocycles. The molecule has 5 heteroatoms. The Labute approximate surface area is 181 Å². The molecule has 1 aromatic carbocycles. The molecule has 0 bridgehead atoms. The third-order valence-electron chi connectivity index (χ3n) is 7.19. The topological polar surface area (TPSA) is 43.9 Å². The number of hydrogen-bond acceptors (Lipinski definition) is 2. The summed E-state index contributed by atoms with van der Waals surface area (Å²) >= 11 is 0. The van der Waals surface area contributed by atoms with Crippen LogP contribution in [0.15, 0.2) is 24.3 Å². The number of likely N-dealkylation sites (tertiary alicyclic amines) is 3. The van der Waals surface area contributed by atoms with Crippen LogP contribution >= 0.6 is 0 Å². The van der Waals surface area contributed by atoms with Crippen molar-refractivity contribution in [2.24, 2.45) is 5.92 Å². The Balaban J connectivity index is 1.36. The minimum absolute atomic E-state index is 0.0575. The number of benzene rings is 1. The molecule has 0 spiro atoms. The predicted octanol–water partition coefficient (Wildman–Crippen LogP) is 4.58. The number of rotatable bonds is 2. The molecule has 3 amide bonds. The summed E-state index contributed by atoms with van der Waals surface area (Å²) < 4.78 is 0. The summed E-state index contributed by atoms with van der Waals surface area (Å²) in [4.78, 5) is 32.0. The molecule has 0 radical (unpaired) electrons. The van der Waals surface area contributed by atoms with Crippen molar-refractivity contribution in [3.05, 3.63) is 35.4 Å². The van der Waals surface area contributed by atoms with E-state index >= 15 is 0 Å². The third-order valence-corrected chi connectivity index (χ3v) is 7.19. The van der Waals surface area contributed by atoms with Gasteiger partial charge in [0.25, 0.3) is 0 Å². The second-order valence-electron chi connectivity index (χ2n) is 10.3. The fraction of sp³-hybridized carbons (Fsp3) is 0.680. The maximum Gasteiger partial charge on any atom is 0.319 e. The average molecular weight is 412 g/mol. The van der Waals surface area contributed by atoms with Crippen molar-refractivity contribution in [1.29, 1.82) is 0 Å². The van der Waals surface area contributed by atoms with Crippen LogP contribution < -0.4 is 0 Å². The van der Waals surface area contributed by atoms with E-state index in [4.69, 9.17) is 0 Å². The molecule has 5 nitrogen and oxygen atoms in total. The van der Waals surface area contributed by atoms with Crippen LogP contribution in [0.5, 0.6) is 0 Å². The van der Waals surface area contributed by atoms with E-state index in [1.165, 1.54) is 11.1 Å². The zero-order valence-corrected chi connectivity index (χ0v) is 18.9. The van der Waals surface area contributed by atoms with Crippen LogP contribution in [-0.2, 0) is 10.2 Å². The molecule has 0 N–H and O–H groups in total. The van der Waals surface area contributed by atoms with E-state index in [-0.39, 0.29) is 23.4 Å². The molecule has 1 aromatic rings.